The summed E-state index contributed by atoms with van der Waals surface area (Å²) in [5.41, 5.74) is 2.34. The summed E-state index contributed by atoms with van der Waals surface area (Å²) in [6.45, 7) is 4.30. The van der Waals surface area contributed by atoms with Gasteiger partial charge in [0.2, 0.25) is 5.78 Å². The zero-order valence-electron chi connectivity index (χ0n) is 17.9. The summed E-state index contributed by atoms with van der Waals surface area (Å²) in [6.07, 6.45) is 3.77. The molecule has 4 rings (SSSR count). The van der Waals surface area contributed by atoms with E-state index in [0.29, 0.717) is 23.0 Å². The molecule has 0 bridgehead atoms. The Balaban J connectivity index is 1.55. The third-order valence-corrected chi connectivity index (χ3v) is 5.85. The molecule has 0 saturated heterocycles. The van der Waals surface area contributed by atoms with Crippen molar-refractivity contribution in [3.63, 3.8) is 0 Å². The number of carbonyl (C=O) groups is 2. The van der Waals surface area contributed by atoms with Gasteiger partial charge in [-0.1, -0.05) is 37.6 Å². The van der Waals surface area contributed by atoms with Gasteiger partial charge in [-0.3, -0.25) is 14.2 Å². The lowest BCUT2D eigenvalue weighted by molar-refractivity contribution is 0.0319. The van der Waals surface area contributed by atoms with Gasteiger partial charge in [0.25, 0.3) is 5.56 Å². The number of nitrogens with zero attached hydrogens (tertiary/aromatic N) is 2. The van der Waals surface area contributed by atoms with Crippen molar-refractivity contribution in [2.45, 2.75) is 58.6 Å². The van der Waals surface area contributed by atoms with Crippen LogP contribution in [0.3, 0.4) is 0 Å². The molecule has 31 heavy (non-hydrogen) atoms. The van der Waals surface area contributed by atoms with Crippen LogP contribution in [-0.4, -0.2) is 27.4 Å². The largest absolute Gasteiger partial charge is 0.451 e. The number of hydrogen-bond acceptors (Lipinski definition) is 5. The van der Waals surface area contributed by atoms with Gasteiger partial charge in [-0.2, -0.15) is 0 Å². The second-order valence-corrected chi connectivity index (χ2v) is 7.99. The highest BCUT2D eigenvalue weighted by atomic mass is 16.5. The van der Waals surface area contributed by atoms with Crippen molar-refractivity contribution in [1.29, 1.82) is 0 Å². The van der Waals surface area contributed by atoms with Crippen LogP contribution in [0.1, 0.15) is 65.2 Å². The summed E-state index contributed by atoms with van der Waals surface area (Å²) < 4.78 is 7.17. The molecule has 0 N–H and O–H groups in total. The summed E-state index contributed by atoms with van der Waals surface area (Å²) in [6, 6.07) is 12.1. The number of hydrogen-bond donors (Lipinski definition) is 0. The van der Waals surface area contributed by atoms with Crippen molar-refractivity contribution in [3.8, 4) is 0 Å². The Kier molecular flexibility index (Phi) is 5.98. The molecule has 1 atom stereocenters. The highest BCUT2D eigenvalue weighted by Crippen LogP contribution is 2.18. The van der Waals surface area contributed by atoms with E-state index < -0.39 is 12.1 Å². The minimum atomic E-state index is -0.915. The van der Waals surface area contributed by atoms with Gasteiger partial charge < -0.3 is 4.74 Å². The first-order valence-electron chi connectivity index (χ1n) is 10.9. The van der Waals surface area contributed by atoms with Crippen molar-refractivity contribution in [3.05, 3.63) is 75.3 Å². The van der Waals surface area contributed by atoms with Crippen molar-refractivity contribution < 1.29 is 14.3 Å². The van der Waals surface area contributed by atoms with E-state index in [1.807, 2.05) is 19.1 Å². The van der Waals surface area contributed by atoms with E-state index in [9.17, 15) is 14.4 Å². The monoisotopic (exact) mass is 418 g/mol. The maximum atomic E-state index is 12.8. The molecule has 1 aromatic heterocycles. The highest BCUT2D eigenvalue weighted by Gasteiger charge is 2.21. The molecule has 0 spiro atoms. The molecule has 0 fully saturated rings. The van der Waals surface area contributed by atoms with Crippen LogP contribution in [0.5, 0.6) is 0 Å². The van der Waals surface area contributed by atoms with Gasteiger partial charge in [0.1, 0.15) is 5.82 Å². The molecule has 3 aromatic rings. The molecule has 1 aliphatic heterocycles. The number of benzene rings is 2. The molecule has 6 heteroatoms. The van der Waals surface area contributed by atoms with Crippen molar-refractivity contribution >= 4 is 22.7 Å². The Morgan fingerprint density at radius 1 is 1.06 bits per heavy atom. The summed E-state index contributed by atoms with van der Waals surface area (Å²) >= 11 is 0. The van der Waals surface area contributed by atoms with E-state index in [0.717, 1.165) is 43.5 Å². The zero-order chi connectivity index (χ0) is 22.0. The lowest BCUT2D eigenvalue weighted by Gasteiger charge is -2.14. The Morgan fingerprint density at radius 2 is 1.81 bits per heavy atom. The van der Waals surface area contributed by atoms with E-state index >= 15 is 0 Å². The number of aryl methyl sites for hydroxylation is 2. The second kappa shape index (κ2) is 8.84. The number of Topliss-reactive ketones (excluding diaryl/α,β-unsaturated/α-hetero) is 1. The fraction of sp³-hybridized carbons (Fsp3) is 0.360. The van der Waals surface area contributed by atoms with Crippen molar-refractivity contribution in [2.75, 3.05) is 0 Å². The SMILES string of the molecule is CCc1ccc(C(=O)C(C)OC(=O)c2ccc3c(=O)n4c(nc3c2)CCCCC4)cc1. The molecular weight excluding hydrogens is 392 g/mol. The average molecular weight is 418 g/mol. The number of ketones is 1. The maximum absolute atomic E-state index is 12.8. The van der Waals surface area contributed by atoms with Gasteiger partial charge in [0.05, 0.1) is 16.5 Å². The lowest BCUT2D eigenvalue weighted by Crippen LogP contribution is -2.25. The summed E-state index contributed by atoms with van der Waals surface area (Å²) in [7, 11) is 0. The molecule has 0 radical (unpaired) electrons. The predicted molar refractivity (Wildman–Crippen MR) is 119 cm³/mol. The molecule has 6 nitrogen and oxygen atoms in total. The molecular formula is C25H26N2O4. The van der Waals surface area contributed by atoms with Crippen LogP contribution in [-0.2, 0) is 24.1 Å². The standard InChI is InChI=1S/C25H26N2O4/c1-3-17-8-10-18(11-9-17)23(28)16(2)31-25(30)19-12-13-20-21(15-19)26-22-7-5-4-6-14-27(22)24(20)29/h8-13,15-16H,3-7,14H2,1-2H3. The number of carbonyl (C=O) groups excluding carboxylic acids is 2. The van der Waals surface area contributed by atoms with Crippen LogP contribution >= 0.6 is 0 Å². The molecule has 1 unspecified atom stereocenters. The lowest BCUT2D eigenvalue weighted by atomic mass is 10.0. The van der Waals surface area contributed by atoms with E-state index in [1.54, 1.807) is 41.8 Å². The Labute approximate surface area is 180 Å². The number of fused-ring (bicyclic) bond motifs is 2. The molecule has 1 aliphatic rings. The Bertz CT molecular complexity index is 1190. The molecule has 0 aliphatic carbocycles. The van der Waals surface area contributed by atoms with E-state index in [2.05, 4.69) is 4.98 Å². The fourth-order valence-corrected chi connectivity index (χ4v) is 3.97. The van der Waals surface area contributed by atoms with Crippen LogP contribution in [0, 0.1) is 0 Å². The molecule has 160 valence electrons. The first kappa shape index (κ1) is 21.0. The first-order chi connectivity index (χ1) is 15.0. The van der Waals surface area contributed by atoms with E-state index in [-0.39, 0.29) is 16.9 Å². The molecule has 2 heterocycles. The van der Waals surface area contributed by atoms with Crippen LogP contribution in [0.2, 0.25) is 0 Å². The third-order valence-electron chi connectivity index (χ3n) is 5.85. The van der Waals surface area contributed by atoms with Crippen molar-refractivity contribution in [1.82, 2.24) is 9.55 Å². The maximum Gasteiger partial charge on any atom is 0.338 e. The Hall–Kier alpha value is -3.28. The van der Waals surface area contributed by atoms with E-state index in [1.165, 1.54) is 0 Å². The highest BCUT2D eigenvalue weighted by molar-refractivity contribution is 6.02. The molecule has 0 amide bonds. The van der Waals surface area contributed by atoms with Gasteiger partial charge in [0.15, 0.2) is 6.10 Å². The van der Waals surface area contributed by atoms with Gasteiger partial charge in [-0.05, 0) is 49.9 Å². The number of rotatable bonds is 5. The minimum absolute atomic E-state index is 0.0686. The third kappa shape index (κ3) is 4.29. The predicted octanol–water partition coefficient (Wildman–Crippen LogP) is 4.11. The van der Waals surface area contributed by atoms with Gasteiger partial charge in [-0.25, -0.2) is 9.78 Å². The number of esters is 1. The average Bonchev–Trinajstić information content (AvgIpc) is 3.04. The quantitative estimate of drug-likeness (QED) is 0.460. The summed E-state index contributed by atoms with van der Waals surface area (Å²) in [5, 5.41) is 0.488. The summed E-state index contributed by atoms with van der Waals surface area (Å²) in [5.74, 6) is -0.0946. The molecule has 2 aromatic carbocycles. The topological polar surface area (TPSA) is 78.3 Å². The van der Waals surface area contributed by atoms with Gasteiger partial charge in [-0.15, -0.1) is 0 Å². The number of aromatic nitrogens is 2. The van der Waals surface area contributed by atoms with Gasteiger partial charge in [0, 0.05) is 18.5 Å². The van der Waals surface area contributed by atoms with Crippen LogP contribution < -0.4 is 5.56 Å². The number of ether oxygens (including phenoxy) is 1. The van der Waals surface area contributed by atoms with Crippen LogP contribution in [0.4, 0.5) is 0 Å². The normalized spacial score (nSPS) is 14.5. The second-order valence-electron chi connectivity index (χ2n) is 7.99. The van der Waals surface area contributed by atoms with Gasteiger partial charge >= 0.3 is 5.97 Å². The van der Waals surface area contributed by atoms with E-state index in [4.69, 9.17) is 4.74 Å². The first-order valence-corrected chi connectivity index (χ1v) is 10.9. The summed E-state index contributed by atoms with van der Waals surface area (Å²) in [4.78, 5) is 42.8. The zero-order valence-corrected chi connectivity index (χ0v) is 17.9. The molecule has 0 saturated carbocycles. The van der Waals surface area contributed by atoms with Crippen LogP contribution in [0.15, 0.2) is 47.3 Å². The van der Waals surface area contributed by atoms with Crippen LogP contribution in [0.25, 0.3) is 10.9 Å². The Morgan fingerprint density at radius 3 is 2.55 bits per heavy atom. The fourth-order valence-electron chi connectivity index (χ4n) is 3.97. The minimum Gasteiger partial charge on any atom is -0.451 e. The smallest absolute Gasteiger partial charge is 0.338 e. The van der Waals surface area contributed by atoms with Crippen molar-refractivity contribution in [2.24, 2.45) is 0 Å².